The Balaban J connectivity index is 0.000000696. The van der Waals surface area contributed by atoms with Crippen molar-refractivity contribution in [3.63, 3.8) is 0 Å². The summed E-state index contributed by atoms with van der Waals surface area (Å²) in [5.41, 5.74) is 0. The number of benzene rings is 2. The molecule has 28 heavy (non-hydrogen) atoms. The molecule has 0 bridgehead atoms. The van der Waals surface area contributed by atoms with Crippen LogP contribution in [0.2, 0.25) is 0 Å². The maximum absolute atomic E-state index is 12.4. The topological polar surface area (TPSA) is 18.5 Å². The SMILES string of the molecule is FC(F)(F)Oc1ccccc1[PH2+]c1ccccc1OC(F)(F)F.F[B-](F)(F)F. The fourth-order valence-corrected chi connectivity index (χ4v) is 3.15. The Labute approximate surface area is 153 Å². The molecule has 14 heteroatoms. The van der Waals surface area contributed by atoms with E-state index in [1.807, 2.05) is 0 Å². The van der Waals surface area contributed by atoms with Gasteiger partial charge in [-0.25, -0.2) is 0 Å². The molecular weight excluding hydrogens is 432 g/mol. The maximum atomic E-state index is 12.4. The van der Waals surface area contributed by atoms with Gasteiger partial charge in [0, 0.05) is 0 Å². The summed E-state index contributed by atoms with van der Waals surface area (Å²) < 4.78 is 121. The quantitative estimate of drug-likeness (QED) is 0.371. The number of hydrogen-bond donors (Lipinski definition) is 0. The van der Waals surface area contributed by atoms with E-state index < -0.39 is 40.1 Å². The molecule has 0 N–H and O–H groups in total. The van der Waals surface area contributed by atoms with Gasteiger partial charge in [-0.3, -0.25) is 0 Å². The third-order valence-electron chi connectivity index (χ3n) is 2.60. The molecule has 2 aromatic carbocycles. The zero-order valence-corrected chi connectivity index (χ0v) is 14.5. The zero-order chi connectivity index (χ0) is 21.6. The maximum Gasteiger partial charge on any atom is 0.673 e. The van der Waals surface area contributed by atoms with Crippen LogP contribution in [0.5, 0.6) is 11.5 Å². The van der Waals surface area contributed by atoms with E-state index in [-0.39, 0.29) is 10.6 Å². The second kappa shape index (κ2) is 9.36. The van der Waals surface area contributed by atoms with Gasteiger partial charge in [0.15, 0.2) is 11.5 Å². The molecular formula is C14H10BF10O2P. The van der Waals surface area contributed by atoms with Crippen molar-refractivity contribution in [2.75, 3.05) is 0 Å². The molecule has 0 aliphatic rings. The Hall–Kier alpha value is -2.17. The summed E-state index contributed by atoms with van der Waals surface area (Å²) in [7, 11) is -7.09. The van der Waals surface area contributed by atoms with Crippen LogP contribution < -0.4 is 20.1 Å². The molecule has 0 unspecified atom stereocenters. The average molecular weight is 442 g/mol. The predicted molar refractivity (Wildman–Crippen MR) is 85.4 cm³/mol. The van der Waals surface area contributed by atoms with Gasteiger partial charge in [0.05, 0.1) is 8.58 Å². The molecule has 0 aliphatic heterocycles. The van der Waals surface area contributed by atoms with E-state index in [1.165, 1.54) is 36.4 Å². The molecule has 0 saturated heterocycles. The predicted octanol–water partition coefficient (Wildman–Crippen LogP) is 5.15. The zero-order valence-electron chi connectivity index (χ0n) is 13.4. The second-order valence-electron chi connectivity index (χ2n) is 4.81. The minimum Gasteiger partial charge on any atom is -0.418 e. The lowest BCUT2D eigenvalue weighted by Crippen LogP contribution is -2.22. The van der Waals surface area contributed by atoms with Crippen molar-refractivity contribution in [3.8, 4) is 11.5 Å². The molecule has 0 aliphatic carbocycles. The molecule has 0 fully saturated rings. The van der Waals surface area contributed by atoms with Crippen LogP contribution in [0.15, 0.2) is 48.5 Å². The van der Waals surface area contributed by atoms with E-state index in [0.29, 0.717) is 0 Å². The largest absolute Gasteiger partial charge is 0.673 e. The van der Waals surface area contributed by atoms with Gasteiger partial charge in [0.2, 0.25) is 0 Å². The summed E-state index contributed by atoms with van der Waals surface area (Å²) in [6.45, 7) is 0. The Morgan fingerprint density at radius 2 is 0.893 bits per heavy atom. The van der Waals surface area contributed by atoms with Crippen LogP contribution in [0.3, 0.4) is 0 Å². The standard InChI is InChI=1S/C14H9F6O2P.BF4/c15-13(16,17)21-9-5-1-3-7-11(9)23-12-8-4-2-6-10(12)22-14(18,19)20;2-1(3,4)5/h1-8,23H;/q;-1/p+1. The second-order valence-corrected chi connectivity index (χ2v) is 6.34. The highest BCUT2D eigenvalue weighted by Crippen LogP contribution is 2.29. The number of para-hydroxylation sites is 2. The Kier molecular flexibility index (Phi) is 7.98. The van der Waals surface area contributed by atoms with Crippen molar-refractivity contribution >= 4 is 26.4 Å². The van der Waals surface area contributed by atoms with Crippen LogP contribution in [0, 0.1) is 0 Å². The van der Waals surface area contributed by atoms with Crippen LogP contribution >= 0.6 is 8.58 Å². The van der Waals surface area contributed by atoms with E-state index in [2.05, 4.69) is 9.47 Å². The van der Waals surface area contributed by atoms with Gasteiger partial charge < -0.3 is 26.7 Å². The molecule has 2 aromatic rings. The van der Waals surface area contributed by atoms with Crippen molar-refractivity contribution in [1.82, 2.24) is 0 Å². The summed E-state index contributed by atoms with van der Waals surface area (Å²) in [5, 5.41) is 0.339. The fourth-order valence-electron chi connectivity index (χ4n) is 1.80. The Morgan fingerprint density at radius 3 is 1.18 bits per heavy atom. The lowest BCUT2D eigenvalue weighted by Gasteiger charge is -2.12. The molecule has 2 nitrogen and oxygen atoms in total. The minimum absolute atomic E-state index is 0.169. The highest BCUT2D eigenvalue weighted by molar-refractivity contribution is 7.56. The molecule has 0 heterocycles. The van der Waals surface area contributed by atoms with Crippen LogP contribution in [0.4, 0.5) is 43.6 Å². The molecule has 0 radical (unpaired) electrons. The molecule has 0 atom stereocenters. The minimum atomic E-state index is -6.00. The van der Waals surface area contributed by atoms with Gasteiger partial charge in [-0.1, -0.05) is 24.3 Å². The van der Waals surface area contributed by atoms with Crippen molar-refractivity contribution in [2.24, 2.45) is 0 Å². The van der Waals surface area contributed by atoms with Crippen molar-refractivity contribution in [3.05, 3.63) is 48.5 Å². The van der Waals surface area contributed by atoms with Gasteiger partial charge in [-0.05, 0) is 24.3 Å². The molecule has 0 spiro atoms. The van der Waals surface area contributed by atoms with Gasteiger partial charge in [-0.15, -0.1) is 26.3 Å². The number of alkyl halides is 6. The number of halogens is 10. The van der Waals surface area contributed by atoms with Gasteiger partial charge >= 0.3 is 20.0 Å². The highest BCUT2D eigenvalue weighted by Gasteiger charge is 2.35. The first-order chi connectivity index (χ1) is 12.6. The highest BCUT2D eigenvalue weighted by atomic mass is 31.1. The van der Waals surface area contributed by atoms with Crippen LogP contribution in [-0.2, 0) is 0 Å². The van der Waals surface area contributed by atoms with Crippen molar-refractivity contribution < 1.29 is 53.1 Å². The van der Waals surface area contributed by atoms with E-state index >= 15 is 0 Å². The molecule has 2 rings (SSSR count). The van der Waals surface area contributed by atoms with Crippen molar-refractivity contribution in [1.29, 1.82) is 0 Å². The average Bonchev–Trinajstić information content (AvgIpc) is 2.46. The van der Waals surface area contributed by atoms with E-state index in [1.54, 1.807) is 0 Å². The molecule has 0 saturated carbocycles. The molecule has 0 aromatic heterocycles. The van der Waals surface area contributed by atoms with Gasteiger partial charge in [0.25, 0.3) is 0 Å². The van der Waals surface area contributed by atoms with E-state index in [0.717, 1.165) is 12.1 Å². The first kappa shape index (κ1) is 23.9. The Bertz CT molecular complexity index is 697. The number of ether oxygens (including phenoxy) is 2. The third kappa shape index (κ3) is 10.9. The summed E-state index contributed by atoms with van der Waals surface area (Å²) >= 11 is 0. The van der Waals surface area contributed by atoms with E-state index in [9.17, 15) is 43.6 Å². The van der Waals surface area contributed by atoms with Crippen molar-refractivity contribution in [2.45, 2.75) is 12.7 Å². The summed E-state index contributed by atoms with van der Waals surface area (Å²) in [6.07, 6.45) is -9.75. The normalized spacial score (nSPS) is 12.1. The van der Waals surface area contributed by atoms with Crippen LogP contribution in [0.25, 0.3) is 0 Å². The third-order valence-corrected chi connectivity index (χ3v) is 4.18. The van der Waals surface area contributed by atoms with Crippen LogP contribution in [0.1, 0.15) is 0 Å². The number of rotatable bonds is 4. The van der Waals surface area contributed by atoms with Gasteiger partial charge in [-0.2, -0.15) is 0 Å². The van der Waals surface area contributed by atoms with Crippen LogP contribution in [-0.4, -0.2) is 20.0 Å². The first-order valence-electron chi connectivity index (χ1n) is 7.06. The summed E-state index contributed by atoms with van der Waals surface area (Å²) in [6, 6.07) is 10.6. The number of hydrogen-bond acceptors (Lipinski definition) is 2. The smallest absolute Gasteiger partial charge is 0.418 e. The Morgan fingerprint density at radius 1 is 0.607 bits per heavy atom. The van der Waals surface area contributed by atoms with Gasteiger partial charge in [0.1, 0.15) is 10.6 Å². The molecule has 0 amide bonds. The molecule has 156 valence electrons. The lowest BCUT2D eigenvalue weighted by atomic mass is 10.3. The monoisotopic (exact) mass is 442 g/mol. The van der Waals surface area contributed by atoms with E-state index in [4.69, 9.17) is 0 Å². The summed E-state index contributed by atoms with van der Waals surface area (Å²) in [4.78, 5) is 0. The first-order valence-corrected chi connectivity index (χ1v) is 8.21. The summed E-state index contributed by atoms with van der Waals surface area (Å²) in [5.74, 6) is -0.867. The fraction of sp³-hybridized carbons (Fsp3) is 0.143. The lowest BCUT2D eigenvalue weighted by molar-refractivity contribution is -0.275.